The minimum Gasteiger partial charge on any atom is -0.493 e. The lowest BCUT2D eigenvalue weighted by Gasteiger charge is -2.11. The van der Waals surface area contributed by atoms with Gasteiger partial charge in [-0.3, -0.25) is 9.59 Å². The number of rotatable bonds is 9. The SMILES string of the molecule is COc1ccc(-c2nc(CC(=O)OCC(=O)Nc3ccccc3-c3ccccc3)cs2)cc1OC. The van der Waals surface area contributed by atoms with Crippen molar-refractivity contribution in [1.29, 1.82) is 0 Å². The van der Waals surface area contributed by atoms with Gasteiger partial charge in [0.05, 0.1) is 26.3 Å². The van der Waals surface area contributed by atoms with Crippen LogP contribution in [0.4, 0.5) is 5.69 Å². The molecule has 4 rings (SSSR count). The van der Waals surface area contributed by atoms with Crippen LogP contribution in [0.5, 0.6) is 11.5 Å². The molecule has 0 saturated carbocycles. The van der Waals surface area contributed by atoms with E-state index in [9.17, 15) is 9.59 Å². The maximum absolute atomic E-state index is 12.4. The van der Waals surface area contributed by atoms with E-state index in [0.29, 0.717) is 22.9 Å². The molecule has 178 valence electrons. The number of hydrogen-bond acceptors (Lipinski definition) is 7. The number of nitrogens with zero attached hydrogens (tertiary/aromatic N) is 1. The topological polar surface area (TPSA) is 86.8 Å². The predicted molar refractivity (Wildman–Crippen MR) is 136 cm³/mol. The van der Waals surface area contributed by atoms with Crippen LogP contribution in [0.1, 0.15) is 5.69 Å². The van der Waals surface area contributed by atoms with Crippen molar-refractivity contribution in [1.82, 2.24) is 4.98 Å². The normalized spacial score (nSPS) is 10.5. The quantitative estimate of drug-likeness (QED) is 0.325. The van der Waals surface area contributed by atoms with Crippen LogP contribution in [0.15, 0.2) is 78.2 Å². The van der Waals surface area contributed by atoms with Crippen LogP contribution in [0.25, 0.3) is 21.7 Å². The van der Waals surface area contributed by atoms with Gasteiger partial charge in [-0.2, -0.15) is 0 Å². The number of para-hydroxylation sites is 1. The molecule has 0 fully saturated rings. The van der Waals surface area contributed by atoms with Crippen molar-refractivity contribution in [2.45, 2.75) is 6.42 Å². The van der Waals surface area contributed by atoms with E-state index in [1.54, 1.807) is 25.7 Å². The minimum atomic E-state index is -0.527. The van der Waals surface area contributed by atoms with Gasteiger partial charge in [-0.15, -0.1) is 11.3 Å². The average Bonchev–Trinajstić information content (AvgIpc) is 3.36. The number of nitrogens with one attached hydrogen (secondary N) is 1. The molecule has 0 radical (unpaired) electrons. The summed E-state index contributed by atoms with van der Waals surface area (Å²) in [6.45, 7) is -0.380. The molecule has 0 atom stereocenters. The fourth-order valence-corrected chi connectivity index (χ4v) is 4.30. The molecule has 0 aliphatic rings. The van der Waals surface area contributed by atoms with Gasteiger partial charge in [-0.25, -0.2) is 4.98 Å². The van der Waals surface area contributed by atoms with E-state index in [1.807, 2.05) is 66.7 Å². The minimum absolute atomic E-state index is 0.0301. The third-order valence-corrected chi connectivity index (χ3v) is 6.10. The number of carbonyl (C=O) groups excluding carboxylic acids is 2. The predicted octanol–water partition coefficient (Wildman–Crippen LogP) is 5.22. The Morgan fingerprint density at radius 1 is 0.886 bits per heavy atom. The molecule has 4 aromatic rings. The Hall–Kier alpha value is -4.17. The summed E-state index contributed by atoms with van der Waals surface area (Å²) in [6.07, 6.45) is -0.0301. The number of ether oxygens (including phenoxy) is 3. The highest BCUT2D eigenvalue weighted by Crippen LogP contribution is 2.33. The van der Waals surface area contributed by atoms with Crippen molar-refractivity contribution in [3.8, 4) is 33.2 Å². The van der Waals surface area contributed by atoms with E-state index >= 15 is 0 Å². The van der Waals surface area contributed by atoms with Gasteiger partial charge in [0.2, 0.25) is 0 Å². The van der Waals surface area contributed by atoms with Gasteiger partial charge < -0.3 is 19.5 Å². The van der Waals surface area contributed by atoms with E-state index in [1.165, 1.54) is 11.3 Å². The summed E-state index contributed by atoms with van der Waals surface area (Å²) in [6, 6.07) is 22.7. The first-order chi connectivity index (χ1) is 17.1. The summed E-state index contributed by atoms with van der Waals surface area (Å²) in [5.41, 5.74) is 3.94. The van der Waals surface area contributed by atoms with Crippen LogP contribution in [0.2, 0.25) is 0 Å². The van der Waals surface area contributed by atoms with Gasteiger partial charge in [0.25, 0.3) is 5.91 Å². The molecule has 0 bridgehead atoms. The molecular formula is C27H24N2O5S. The zero-order valence-electron chi connectivity index (χ0n) is 19.3. The van der Waals surface area contributed by atoms with Crippen LogP contribution >= 0.6 is 11.3 Å². The lowest BCUT2D eigenvalue weighted by molar-refractivity contribution is -0.146. The smallest absolute Gasteiger partial charge is 0.312 e. The zero-order valence-corrected chi connectivity index (χ0v) is 20.1. The second-order valence-corrected chi connectivity index (χ2v) is 8.37. The molecule has 0 saturated heterocycles. The molecule has 0 aliphatic carbocycles. The summed E-state index contributed by atoms with van der Waals surface area (Å²) >= 11 is 1.41. The van der Waals surface area contributed by atoms with Gasteiger partial charge in [0.15, 0.2) is 18.1 Å². The maximum atomic E-state index is 12.4. The highest BCUT2D eigenvalue weighted by Gasteiger charge is 2.14. The monoisotopic (exact) mass is 488 g/mol. The number of anilines is 1. The average molecular weight is 489 g/mol. The maximum Gasteiger partial charge on any atom is 0.312 e. The van der Waals surface area contributed by atoms with Crippen LogP contribution in [-0.2, 0) is 20.7 Å². The fraction of sp³-hybridized carbons (Fsp3) is 0.148. The lowest BCUT2D eigenvalue weighted by atomic mass is 10.0. The number of aromatic nitrogens is 1. The third kappa shape index (κ3) is 6.04. The lowest BCUT2D eigenvalue weighted by Crippen LogP contribution is -2.22. The molecule has 7 nitrogen and oxygen atoms in total. The first-order valence-electron chi connectivity index (χ1n) is 10.8. The summed E-state index contributed by atoms with van der Waals surface area (Å²) in [7, 11) is 3.15. The van der Waals surface area contributed by atoms with Crippen LogP contribution in [0, 0.1) is 0 Å². The molecule has 1 heterocycles. The largest absolute Gasteiger partial charge is 0.493 e. The molecule has 8 heteroatoms. The van der Waals surface area contributed by atoms with Gasteiger partial charge in [-0.05, 0) is 29.8 Å². The van der Waals surface area contributed by atoms with Gasteiger partial charge >= 0.3 is 5.97 Å². The Morgan fingerprint density at radius 3 is 2.40 bits per heavy atom. The number of esters is 1. The van der Waals surface area contributed by atoms with Crippen molar-refractivity contribution in [3.63, 3.8) is 0 Å². The molecule has 0 aliphatic heterocycles. The van der Waals surface area contributed by atoms with Crippen LogP contribution in [-0.4, -0.2) is 37.7 Å². The van der Waals surface area contributed by atoms with Gasteiger partial charge in [-0.1, -0.05) is 48.5 Å². The molecule has 3 aromatic carbocycles. The molecule has 1 aromatic heterocycles. The summed E-state index contributed by atoms with van der Waals surface area (Å²) < 4.78 is 15.8. The Morgan fingerprint density at radius 2 is 1.63 bits per heavy atom. The first kappa shape index (κ1) is 24.0. The van der Waals surface area contributed by atoms with Crippen LogP contribution in [0.3, 0.4) is 0 Å². The Labute approximate surface area is 207 Å². The molecule has 0 spiro atoms. The Kier molecular flexibility index (Phi) is 7.74. The van der Waals surface area contributed by atoms with Gasteiger partial charge in [0, 0.05) is 22.2 Å². The third-order valence-electron chi connectivity index (χ3n) is 5.16. The van der Waals surface area contributed by atoms with E-state index in [2.05, 4.69) is 10.3 Å². The number of benzene rings is 3. The number of thiazole rings is 1. The Balaban J connectivity index is 1.33. The molecule has 0 unspecified atom stereocenters. The van der Waals surface area contributed by atoms with E-state index in [-0.39, 0.29) is 13.0 Å². The molecule has 35 heavy (non-hydrogen) atoms. The standard InChI is InChI=1S/C27H24N2O5S/c1-32-23-13-12-19(14-24(23)33-2)27-28-20(17-35-27)15-26(31)34-16-25(30)29-22-11-7-6-10-21(22)18-8-4-3-5-9-18/h3-14,17H,15-16H2,1-2H3,(H,29,30). The summed E-state index contributed by atoms with van der Waals surface area (Å²) in [5.74, 6) is 0.286. The van der Waals surface area contributed by atoms with Crippen molar-refractivity contribution >= 4 is 28.9 Å². The molecular weight excluding hydrogens is 464 g/mol. The van der Waals surface area contributed by atoms with E-state index < -0.39 is 11.9 Å². The Bertz CT molecular complexity index is 1320. The van der Waals surface area contributed by atoms with E-state index in [4.69, 9.17) is 14.2 Å². The first-order valence-corrected chi connectivity index (χ1v) is 11.7. The zero-order chi connectivity index (χ0) is 24.6. The van der Waals surface area contributed by atoms with Crippen molar-refractivity contribution in [2.24, 2.45) is 0 Å². The number of carbonyl (C=O) groups is 2. The number of methoxy groups -OCH3 is 2. The van der Waals surface area contributed by atoms with Crippen molar-refractivity contribution in [2.75, 3.05) is 26.1 Å². The van der Waals surface area contributed by atoms with Crippen LogP contribution < -0.4 is 14.8 Å². The summed E-state index contributed by atoms with van der Waals surface area (Å²) in [5, 5.41) is 5.36. The highest BCUT2D eigenvalue weighted by molar-refractivity contribution is 7.13. The number of hydrogen-bond donors (Lipinski definition) is 1. The molecule has 1 amide bonds. The fourth-order valence-electron chi connectivity index (χ4n) is 3.48. The van der Waals surface area contributed by atoms with Gasteiger partial charge in [0.1, 0.15) is 5.01 Å². The second-order valence-electron chi connectivity index (χ2n) is 7.51. The van der Waals surface area contributed by atoms with Crippen molar-refractivity contribution < 1.29 is 23.8 Å². The van der Waals surface area contributed by atoms with E-state index in [0.717, 1.165) is 21.7 Å². The summed E-state index contributed by atoms with van der Waals surface area (Å²) in [4.78, 5) is 29.3. The molecule has 1 N–H and O–H groups in total. The number of amides is 1. The van der Waals surface area contributed by atoms with Crippen molar-refractivity contribution in [3.05, 3.63) is 83.9 Å². The second kappa shape index (κ2) is 11.3. The highest BCUT2D eigenvalue weighted by atomic mass is 32.1.